The number of carbonyl (C=O) groups excluding carboxylic acids is 1. The Bertz CT molecular complexity index is 545. The van der Waals surface area contributed by atoms with Crippen LogP contribution in [0.3, 0.4) is 0 Å². The van der Waals surface area contributed by atoms with Gasteiger partial charge in [-0.2, -0.15) is 5.26 Å². The van der Waals surface area contributed by atoms with E-state index in [-0.39, 0.29) is 0 Å². The summed E-state index contributed by atoms with van der Waals surface area (Å²) in [5.74, 6) is 0.105. The van der Waals surface area contributed by atoms with Crippen LogP contribution >= 0.6 is 0 Å². The molecule has 6 heteroatoms. The quantitative estimate of drug-likeness (QED) is 0.836. The number of carbonyl (C=O) groups is 1. The zero-order valence-corrected chi connectivity index (χ0v) is 12.1. The Balaban J connectivity index is 2.34. The Morgan fingerprint density at radius 3 is 2.95 bits per heavy atom. The van der Waals surface area contributed by atoms with E-state index in [1.165, 1.54) is 7.11 Å². The average molecular weight is 288 g/mol. The Labute approximate surface area is 124 Å². The number of nitrogens with one attached hydrogen (secondary N) is 1. The van der Waals surface area contributed by atoms with Gasteiger partial charge in [0.25, 0.3) is 0 Å². The molecule has 21 heavy (non-hydrogen) atoms. The Morgan fingerprint density at radius 2 is 2.29 bits per heavy atom. The van der Waals surface area contributed by atoms with E-state index in [1.807, 2.05) is 0 Å². The van der Waals surface area contributed by atoms with Crippen LogP contribution in [-0.4, -0.2) is 44.1 Å². The fourth-order valence-electron chi connectivity index (χ4n) is 2.66. The first-order chi connectivity index (χ1) is 10.2. The second-order valence-corrected chi connectivity index (χ2v) is 5.02. The molecular formula is C15H20N4O2. The molecule has 1 aromatic rings. The molecule has 1 aromatic carbocycles. The number of methoxy groups -OCH3 is 1. The summed E-state index contributed by atoms with van der Waals surface area (Å²) >= 11 is 0. The lowest BCUT2D eigenvalue weighted by Crippen LogP contribution is -2.39. The Hall–Kier alpha value is -2.10. The third kappa shape index (κ3) is 3.51. The van der Waals surface area contributed by atoms with E-state index < -0.39 is 11.9 Å². The molecule has 1 amide bonds. The standard InChI is InChI=1S/C15H20N4O2/c1-21-13-4-3-11(9-12(13)10-16)14(15(17)20)19-7-2-5-18-6-8-19/h3-4,9,14,18H,2,5-8H2,1H3,(H2,17,20). The van der Waals surface area contributed by atoms with Crippen molar-refractivity contribution in [2.45, 2.75) is 12.5 Å². The second-order valence-electron chi connectivity index (χ2n) is 5.02. The summed E-state index contributed by atoms with van der Waals surface area (Å²) in [6.07, 6.45) is 0.963. The average Bonchev–Trinajstić information content (AvgIpc) is 2.76. The fourth-order valence-corrected chi connectivity index (χ4v) is 2.66. The lowest BCUT2D eigenvalue weighted by atomic mass is 10.0. The number of rotatable bonds is 4. The summed E-state index contributed by atoms with van der Waals surface area (Å²) < 4.78 is 5.13. The first-order valence-electron chi connectivity index (χ1n) is 6.99. The highest BCUT2D eigenvalue weighted by atomic mass is 16.5. The minimum atomic E-state index is -0.511. The van der Waals surface area contributed by atoms with Gasteiger partial charge in [-0.1, -0.05) is 6.07 Å². The molecule has 0 saturated carbocycles. The molecule has 2 rings (SSSR count). The van der Waals surface area contributed by atoms with Gasteiger partial charge in [0.2, 0.25) is 5.91 Å². The van der Waals surface area contributed by atoms with E-state index in [0.717, 1.165) is 38.2 Å². The van der Waals surface area contributed by atoms with Gasteiger partial charge < -0.3 is 15.8 Å². The first kappa shape index (κ1) is 15.3. The topological polar surface area (TPSA) is 91.4 Å². The number of nitriles is 1. The van der Waals surface area contributed by atoms with E-state index in [4.69, 9.17) is 10.5 Å². The molecule has 0 radical (unpaired) electrons. The van der Waals surface area contributed by atoms with Gasteiger partial charge in [0.1, 0.15) is 17.9 Å². The lowest BCUT2D eigenvalue weighted by Gasteiger charge is -2.28. The monoisotopic (exact) mass is 288 g/mol. The molecule has 112 valence electrons. The predicted octanol–water partition coefficient (Wildman–Crippen LogP) is 0.389. The van der Waals surface area contributed by atoms with Crippen LogP contribution in [0, 0.1) is 11.3 Å². The predicted molar refractivity (Wildman–Crippen MR) is 78.7 cm³/mol. The van der Waals surface area contributed by atoms with E-state index in [1.54, 1.807) is 18.2 Å². The molecule has 1 fully saturated rings. The van der Waals surface area contributed by atoms with Gasteiger partial charge in [-0.05, 0) is 30.7 Å². The van der Waals surface area contributed by atoms with Crippen molar-refractivity contribution in [2.75, 3.05) is 33.3 Å². The van der Waals surface area contributed by atoms with E-state index in [9.17, 15) is 10.1 Å². The van der Waals surface area contributed by atoms with Crippen molar-refractivity contribution in [2.24, 2.45) is 5.73 Å². The van der Waals surface area contributed by atoms with Gasteiger partial charge in [-0.25, -0.2) is 0 Å². The molecule has 1 heterocycles. The maximum atomic E-state index is 11.9. The number of nitrogens with zero attached hydrogens (tertiary/aromatic N) is 2. The summed E-state index contributed by atoms with van der Waals surface area (Å²) in [4.78, 5) is 14.0. The van der Waals surface area contributed by atoms with Gasteiger partial charge in [-0.15, -0.1) is 0 Å². The van der Waals surface area contributed by atoms with E-state index >= 15 is 0 Å². The zero-order valence-electron chi connectivity index (χ0n) is 12.1. The maximum absolute atomic E-state index is 11.9. The summed E-state index contributed by atoms with van der Waals surface area (Å²) in [7, 11) is 1.52. The summed E-state index contributed by atoms with van der Waals surface area (Å²) in [5, 5.41) is 12.5. The molecule has 3 N–H and O–H groups in total. The molecule has 1 aliphatic heterocycles. The van der Waals surface area contributed by atoms with Gasteiger partial charge >= 0.3 is 0 Å². The lowest BCUT2D eigenvalue weighted by molar-refractivity contribution is -0.123. The normalized spacial score (nSPS) is 17.5. The van der Waals surface area contributed by atoms with Crippen LogP contribution < -0.4 is 15.8 Å². The van der Waals surface area contributed by atoms with Gasteiger partial charge in [0.15, 0.2) is 0 Å². The highest BCUT2D eigenvalue weighted by Gasteiger charge is 2.26. The number of hydrogen-bond acceptors (Lipinski definition) is 5. The zero-order chi connectivity index (χ0) is 15.2. The first-order valence-corrected chi connectivity index (χ1v) is 6.99. The van der Waals surface area contributed by atoms with Crippen molar-refractivity contribution in [3.63, 3.8) is 0 Å². The summed E-state index contributed by atoms with van der Waals surface area (Å²) in [5.41, 5.74) is 6.75. The van der Waals surface area contributed by atoms with E-state index in [2.05, 4.69) is 16.3 Å². The molecule has 6 nitrogen and oxygen atoms in total. The highest BCUT2D eigenvalue weighted by molar-refractivity contribution is 5.81. The number of hydrogen-bond donors (Lipinski definition) is 2. The molecular weight excluding hydrogens is 268 g/mol. The highest BCUT2D eigenvalue weighted by Crippen LogP contribution is 2.26. The third-order valence-corrected chi connectivity index (χ3v) is 3.67. The number of benzene rings is 1. The van der Waals surface area contributed by atoms with Crippen LogP contribution in [0.15, 0.2) is 18.2 Å². The van der Waals surface area contributed by atoms with Crippen LogP contribution in [0.25, 0.3) is 0 Å². The van der Waals surface area contributed by atoms with Crippen LogP contribution in [0.2, 0.25) is 0 Å². The summed E-state index contributed by atoms with van der Waals surface area (Å²) in [6, 6.07) is 6.77. The molecule has 0 aromatic heterocycles. The minimum absolute atomic E-state index is 0.397. The van der Waals surface area contributed by atoms with Crippen LogP contribution in [-0.2, 0) is 4.79 Å². The number of primary amides is 1. The van der Waals surface area contributed by atoms with Crippen molar-refractivity contribution in [3.8, 4) is 11.8 Å². The molecule has 0 bridgehead atoms. The molecule has 1 unspecified atom stereocenters. The maximum Gasteiger partial charge on any atom is 0.239 e. The smallest absolute Gasteiger partial charge is 0.239 e. The van der Waals surface area contributed by atoms with Gasteiger partial charge in [0, 0.05) is 19.6 Å². The van der Waals surface area contributed by atoms with Gasteiger partial charge in [-0.3, -0.25) is 9.69 Å². The van der Waals surface area contributed by atoms with Crippen LogP contribution in [0.4, 0.5) is 0 Å². The van der Waals surface area contributed by atoms with Gasteiger partial charge in [0.05, 0.1) is 12.7 Å². The Kier molecular flexibility index (Phi) is 5.14. The molecule has 0 spiro atoms. The largest absolute Gasteiger partial charge is 0.495 e. The third-order valence-electron chi connectivity index (χ3n) is 3.67. The molecule has 1 atom stereocenters. The number of ether oxygens (including phenoxy) is 1. The Morgan fingerprint density at radius 1 is 1.48 bits per heavy atom. The van der Waals surface area contributed by atoms with Crippen LogP contribution in [0.5, 0.6) is 5.75 Å². The second kappa shape index (κ2) is 7.07. The van der Waals surface area contributed by atoms with Crippen LogP contribution in [0.1, 0.15) is 23.6 Å². The van der Waals surface area contributed by atoms with Crippen molar-refractivity contribution >= 4 is 5.91 Å². The van der Waals surface area contributed by atoms with Crippen molar-refractivity contribution in [1.82, 2.24) is 10.2 Å². The SMILES string of the molecule is COc1ccc(C(C(N)=O)N2CCCNCC2)cc1C#N. The molecule has 1 saturated heterocycles. The summed E-state index contributed by atoms with van der Waals surface area (Å²) in [6.45, 7) is 3.31. The number of amides is 1. The molecule has 1 aliphatic rings. The van der Waals surface area contributed by atoms with Crippen molar-refractivity contribution in [1.29, 1.82) is 5.26 Å². The van der Waals surface area contributed by atoms with E-state index in [0.29, 0.717) is 11.3 Å². The molecule has 0 aliphatic carbocycles. The minimum Gasteiger partial charge on any atom is -0.495 e. The van der Waals surface area contributed by atoms with Crippen molar-refractivity contribution in [3.05, 3.63) is 29.3 Å². The fraction of sp³-hybridized carbons (Fsp3) is 0.467. The number of nitrogens with two attached hydrogens (primary N) is 1. The van der Waals surface area contributed by atoms with Crippen molar-refractivity contribution < 1.29 is 9.53 Å².